The maximum absolute atomic E-state index is 5.47. The Morgan fingerprint density at radius 2 is 2.39 bits per heavy atom. The molecule has 0 radical (unpaired) electrons. The predicted octanol–water partition coefficient (Wildman–Crippen LogP) is 1.88. The Bertz CT molecular complexity index is 543. The predicted molar refractivity (Wildman–Crippen MR) is 67.0 cm³/mol. The topological polar surface area (TPSA) is 55.9 Å². The van der Waals surface area contributed by atoms with E-state index in [9.17, 15) is 0 Å². The first kappa shape index (κ1) is 11.5. The van der Waals surface area contributed by atoms with Gasteiger partial charge in [0.05, 0.1) is 18.9 Å². The maximum Gasteiger partial charge on any atom is 0.208 e. The maximum atomic E-state index is 5.47. The summed E-state index contributed by atoms with van der Waals surface area (Å²) in [6, 6.07) is 0.370. The van der Waals surface area contributed by atoms with Gasteiger partial charge in [0.15, 0.2) is 0 Å². The SMILES string of the molecule is Cc1cnc(CNC2CCCc3c2cnn3C)o1. The van der Waals surface area contributed by atoms with Gasteiger partial charge < -0.3 is 9.73 Å². The molecule has 0 aromatic carbocycles. The molecular weight excluding hydrogens is 228 g/mol. The number of nitrogens with one attached hydrogen (secondary N) is 1. The lowest BCUT2D eigenvalue weighted by atomic mass is 9.93. The number of oxazole rings is 1. The Morgan fingerprint density at radius 3 is 3.17 bits per heavy atom. The Balaban J connectivity index is 1.71. The van der Waals surface area contributed by atoms with Gasteiger partial charge in [-0.15, -0.1) is 0 Å². The van der Waals surface area contributed by atoms with Gasteiger partial charge >= 0.3 is 0 Å². The molecular formula is C13H18N4O. The molecule has 1 aliphatic rings. The summed E-state index contributed by atoms with van der Waals surface area (Å²) in [7, 11) is 2.01. The van der Waals surface area contributed by atoms with Crippen LogP contribution in [0.25, 0.3) is 0 Å². The lowest BCUT2D eigenvalue weighted by Crippen LogP contribution is -2.25. The molecule has 1 unspecified atom stereocenters. The van der Waals surface area contributed by atoms with E-state index in [-0.39, 0.29) is 0 Å². The van der Waals surface area contributed by atoms with Crippen molar-refractivity contribution in [2.45, 2.75) is 38.8 Å². The molecule has 96 valence electrons. The lowest BCUT2D eigenvalue weighted by molar-refractivity contribution is 0.398. The minimum Gasteiger partial charge on any atom is -0.445 e. The highest BCUT2D eigenvalue weighted by molar-refractivity contribution is 5.24. The zero-order valence-electron chi connectivity index (χ0n) is 10.8. The summed E-state index contributed by atoms with van der Waals surface area (Å²) in [4.78, 5) is 4.21. The van der Waals surface area contributed by atoms with E-state index in [4.69, 9.17) is 4.42 Å². The summed E-state index contributed by atoms with van der Waals surface area (Å²) in [5.74, 6) is 1.61. The van der Waals surface area contributed by atoms with E-state index in [2.05, 4.69) is 15.4 Å². The third-order valence-corrected chi connectivity index (χ3v) is 3.54. The van der Waals surface area contributed by atoms with Crippen LogP contribution in [0.15, 0.2) is 16.8 Å². The Kier molecular flexibility index (Phi) is 2.91. The highest BCUT2D eigenvalue weighted by Gasteiger charge is 2.23. The minimum atomic E-state index is 0.370. The van der Waals surface area contributed by atoms with Crippen LogP contribution < -0.4 is 5.32 Å². The summed E-state index contributed by atoms with van der Waals surface area (Å²) in [6.07, 6.45) is 7.22. The van der Waals surface area contributed by atoms with Crippen molar-refractivity contribution in [1.29, 1.82) is 0 Å². The largest absolute Gasteiger partial charge is 0.445 e. The van der Waals surface area contributed by atoms with Crippen LogP contribution >= 0.6 is 0 Å². The second kappa shape index (κ2) is 4.57. The number of hydrogen-bond acceptors (Lipinski definition) is 4. The first-order chi connectivity index (χ1) is 8.74. The Morgan fingerprint density at radius 1 is 1.50 bits per heavy atom. The summed E-state index contributed by atoms with van der Waals surface area (Å²) < 4.78 is 7.46. The molecule has 5 heteroatoms. The van der Waals surface area contributed by atoms with Crippen LogP contribution in [0.2, 0.25) is 0 Å². The molecule has 0 spiro atoms. The summed E-state index contributed by atoms with van der Waals surface area (Å²) in [6.45, 7) is 2.59. The standard InChI is InChI=1S/C13H18N4O/c1-9-6-15-13(18-9)8-14-11-4-3-5-12-10(11)7-16-17(12)2/h6-7,11,14H,3-5,8H2,1-2H3. The molecule has 1 atom stereocenters. The second-order valence-corrected chi connectivity index (χ2v) is 4.86. The Hall–Kier alpha value is -1.62. The highest BCUT2D eigenvalue weighted by Crippen LogP contribution is 2.29. The molecule has 1 aliphatic carbocycles. The van der Waals surface area contributed by atoms with Crippen LogP contribution in [-0.4, -0.2) is 14.8 Å². The van der Waals surface area contributed by atoms with Crippen molar-refractivity contribution in [2.75, 3.05) is 0 Å². The van der Waals surface area contributed by atoms with Gasteiger partial charge in [-0.1, -0.05) is 0 Å². The fourth-order valence-corrected chi connectivity index (χ4v) is 2.61. The van der Waals surface area contributed by atoms with Gasteiger partial charge in [0.25, 0.3) is 0 Å². The molecule has 0 saturated carbocycles. The number of nitrogens with zero attached hydrogens (tertiary/aromatic N) is 3. The fourth-order valence-electron chi connectivity index (χ4n) is 2.61. The van der Waals surface area contributed by atoms with Crippen LogP contribution in [0.5, 0.6) is 0 Å². The second-order valence-electron chi connectivity index (χ2n) is 4.86. The van der Waals surface area contributed by atoms with Gasteiger partial charge in [-0.2, -0.15) is 5.10 Å². The molecule has 3 rings (SSSR count). The zero-order valence-corrected chi connectivity index (χ0v) is 10.8. The van der Waals surface area contributed by atoms with Crippen LogP contribution in [0, 0.1) is 6.92 Å². The summed E-state index contributed by atoms with van der Waals surface area (Å²) in [5, 5.41) is 7.86. The molecule has 0 fully saturated rings. The van der Waals surface area contributed by atoms with Crippen molar-refractivity contribution in [2.24, 2.45) is 7.05 Å². The smallest absolute Gasteiger partial charge is 0.208 e. The van der Waals surface area contributed by atoms with Gasteiger partial charge in [0.1, 0.15) is 5.76 Å². The average molecular weight is 246 g/mol. The molecule has 2 aromatic heterocycles. The van der Waals surface area contributed by atoms with Gasteiger partial charge in [-0.3, -0.25) is 4.68 Å². The zero-order chi connectivity index (χ0) is 12.5. The molecule has 0 bridgehead atoms. The van der Waals surface area contributed by atoms with Crippen molar-refractivity contribution >= 4 is 0 Å². The lowest BCUT2D eigenvalue weighted by Gasteiger charge is -2.23. The van der Waals surface area contributed by atoms with Crippen molar-refractivity contribution in [3.05, 3.63) is 35.3 Å². The van der Waals surface area contributed by atoms with Crippen LogP contribution in [-0.2, 0) is 20.0 Å². The van der Waals surface area contributed by atoms with Crippen LogP contribution in [0.4, 0.5) is 0 Å². The molecule has 2 aromatic rings. The third kappa shape index (κ3) is 2.06. The number of aromatic nitrogens is 3. The molecule has 1 N–H and O–H groups in total. The quantitative estimate of drug-likeness (QED) is 0.898. The van der Waals surface area contributed by atoms with Crippen molar-refractivity contribution in [3.63, 3.8) is 0 Å². The van der Waals surface area contributed by atoms with E-state index in [1.807, 2.05) is 24.9 Å². The van der Waals surface area contributed by atoms with Crippen LogP contribution in [0.3, 0.4) is 0 Å². The van der Waals surface area contributed by atoms with E-state index in [1.165, 1.54) is 17.7 Å². The first-order valence-corrected chi connectivity index (χ1v) is 6.39. The van der Waals surface area contributed by atoms with Crippen molar-refractivity contribution < 1.29 is 4.42 Å². The number of hydrogen-bond donors (Lipinski definition) is 1. The highest BCUT2D eigenvalue weighted by atomic mass is 16.4. The van der Waals surface area contributed by atoms with Crippen LogP contribution in [0.1, 0.15) is 41.8 Å². The van der Waals surface area contributed by atoms with Gasteiger partial charge in [0, 0.05) is 24.3 Å². The summed E-state index contributed by atoms with van der Waals surface area (Å²) in [5.41, 5.74) is 2.68. The normalized spacial score (nSPS) is 18.9. The third-order valence-electron chi connectivity index (χ3n) is 3.54. The average Bonchev–Trinajstić information content (AvgIpc) is 2.94. The first-order valence-electron chi connectivity index (χ1n) is 6.39. The number of aryl methyl sites for hydroxylation is 2. The van der Waals surface area contributed by atoms with E-state index in [0.717, 1.165) is 24.5 Å². The van der Waals surface area contributed by atoms with Crippen molar-refractivity contribution in [1.82, 2.24) is 20.1 Å². The van der Waals surface area contributed by atoms with E-state index < -0.39 is 0 Å². The number of fused-ring (bicyclic) bond motifs is 1. The molecule has 5 nitrogen and oxygen atoms in total. The Labute approximate surface area is 106 Å². The molecule has 0 amide bonds. The fraction of sp³-hybridized carbons (Fsp3) is 0.538. The molecule has 0 aliphatic heterocycles. The van der Waals surface area contributed by atoms with Crippen molar-refractivity contribution in [3.8, 4) is 0 Å². The van der Waals surface area contributed by atoms with Gasteiger partial charge in [0.2, 0.25) is 5.89 Å². The molecule has 0 saturated heterocycles. The van der Waals surface area contributed by atoms with E-state index >= 15 is 0 Å². The van der Waals surface area contributed by atoms with Gasteiger partial charge in [-0.05, 0) is 26.2 Å². The number of rotatable bonds is 3. The summed E-state index contributed by atoms with van der Waals surface area (Å²) >= 11 is 0. The molecule has 18 heavy (non-hydrogen) atoms. The minimum absolute atomic E-state index is 0.370. The van der Waals surface area contributed by atoms with Gasteiger partial charge in [-0.25, -0.2) is 4.98 Å². The van der Waals surface area contributed by atoms with E-state index in [1.54, 1.807) is 6.20 Å². The van der Waals surface area contributed by atoms with E-state index in [0.29, 0.717) is 12.6 Å². The molecule has 2 heterocycles. The monoisotopic (exact) mass is 246 g/mol.